The SMILES string of the molecule is Cc1ccccc1.[AlH3].[H-].[HH].[HH].[HH].[Na+]. The summed E-state index contributed by atoms with van der Waals surface area (Å²) in [6.45, 7) is 2.08. The predicted octanol–water partition coefficient (Wildman–Crippen LogP) is -1.33. The van der Waals surface area contributed by atoms with E-state index in [4.69, 9.17) is 0 Å². The second-order valence-corrected chi connectivity index (χ2v) is 1.65. The van der Waals surface area contributed by atoms with E-state index in [0.29, 0.717) is 0 Å². The minimum Gasteiger partial charge on any atom is -1.00 e. The molecule has 0 atom stereocenters. The minimum atomic E-state index is 0. The summed E-state index contributed by atoms with van der Waals surface area (Å²) in [4.78, 5) is 0. The van der Waals surface area contributed by atoms with Crippen molar-refractivity contribution in [3.8, 4) is 0 Å². The van der Waals surface area contributed by atoms with Crippen molar-refractivity contribution in [2.24, 2.45) is 0 Å². The third kappa shape index (κ3) is 5.21. The van der Waals surface area contributed by atoms with Gasteiger partial charge in [-0.3, -0.25) is 0 Å². The molecular formula is C7H18AlNa. The summed E-state index contributed by atoms with van der Waals surface area (Å²) in [6, 6.07) is 10.3. The fraction of sp³-hybridized carbons (Fsp3) is 0.143. The van der Waals surface area contributed by atoms with E-state index in [-0.39, 0.29) is 52.6 Å². The average molecular weight is 152 g/mol. The van der Waals surface area contributed by atoms with Gasteiger partial charge in [-0.2, -0.15) is 0 Å². The number of aryl methyl sites for hydroxylation is 1. The minimum absolute atomic E-state index is 0. The molecule has 0 unspecified atom stereocenters. The first-order valence-corrected chi connectivity index (χ1v) is 2.41. The molecule has 0 aliphatic heterocycles. The van der Waals surface area contributed by atoms with Gasteiger partial charge in [-0.15, -0.1) is 0 Å². The summed E-state index contributed by atoms with van der Waals surface area (Å²) in [6.07, 6.45) is 0. The van der Waals surface area contributed by atoms with Crippen LogP contribution in [0.5, 0.6) is 0 Å². The molecule has 0 saturated carbocycles. The molecule has 0 bridgehead atoms. The standard InChI is InChI=1S/C7H8.Al.Na.3H2.4H/c1-7-5-3-2-4-6-7;;;;;;;;;/h2-6H,1H3;;;3*1H;;;;/q;;+1;;;;;;;-1. The van der Waals surface area contributed by atoms with Crippen LogP contribution in [-0.2, 0) is 0 Å². The van der Waals surface area contributed by atoms with Crippen LogP contribution in [0.2, 0.25) is 0 Å². The number of benzene rings is 1. The van der Waals surface area contributed by atoms with Gasteiger partial charge in [0.2, 0.25) is 0 Å². The summed E-state index contributed by atoms with van der Waals surface area (Å²) >= 11 is 0. The van der Waals surface area contributed by atoms with Crippen molar-refractivity contribution in [1.82, 2.24) is 0 Å². The zero-order chi connectivity index (χ0) is 5.11. The van der Waals surface area contributed by atoms with Gasteiger partial charge in [0.05, 0.1) is 0 Å². The summed E-state index contributed by atoms with van der Waals surface area (Å²) in [5.74, 6) is 0. The van der Waals surface area contributed by atoms with Gasteiger partial charge < -0.3 is 1.43 Å². The molecular weight excluding hydrogens is 134 g/mol. The van der Waals surface area contributed by atoms with Gasteiger partial charge in [0, 0.05) is 4.28 Å². The summed E-state index contributed by atoms with van der Waals surface area (Å²) in [7, 11) is 0. The van der Waals surface area contributed by atoms with Crippen molar-refractivity contribution in [1.29, 1.82) is 0 Å². The van der Waals surface area contributed by atoms with E-state index in [1.807, 2.05) is 18.2 Å². The summed E-state index contributed by atoms with van der Waals surface area (Å²) in [5.41, 5.74) is 1.32. The van der Waals surface area contributed by atoms with Crippen LogP contribution >= 0.6 is 0 Å². The second-order valence-electron chi connectivity index (χ2n) is 1.65. The number of hydrogen-bond acceptors (Lipinski definition) is 0. The van der Waals surface area contributed by atoms with E-state index < -0.39 is 0 Å². The molecule has 0 fully saturated rings. The first kappa shape index (κ1) is 12.4. The molecule has 0 aromatic heterocycles. The first-order valence-electron chi connectivity index (χ1n) is 2.41. The van der Waals surface area contributed by atoms with Crippen LogP contribution < -0.4 is 29.6 Å². The Kier molecular flexibility index (Phi) is 9.48. The van der Waals surface area contributed by atoms with Crippen LogP contribution in [0.3, 0.4) is 0 Å². The van der Waals surface area contributed by atoms with Crippen molar-refractivity contribution in [2.75, 3.05) is 0 Å². The van der Waals surface area contributed by atoms with E-state index in [9.17, 15) is 0 Å². The Bertz CT molecular complexity index is 150. The van der Waals surface area contributed by atoms with Crippen LogP contribution in [-0.4, -0.2) is 17.4 Å². The molecule has 0 nitrogen and oxygen atoms in total. The van der Waals surface area contributed by atoms with Gasteiger partial charge in [0.1, 0.15) is 0 Å². The maximum absolute atomic E-state index is 2.08. The molecule has 0 N–H and O–H groups in total. The molecule has 0 radical (unpaired) electrons. The zero-order valence-corrected chi connectivity index (χ0v) is 7.39. The predicted molar refractivity (Wildman–Crippen MR) is 48.6 cm³/mol. The average Bonchev–Trinajstić information content (AvgIpc) is 1.69. The smallest absolute Gasteiger partial charge is 1.00 e. The summed E-state index contributed by atoms with van der Waals surface area (Å²) in [5, 5.41) is 0. The Morgan fingerprint density at radius 3 is 1.89 bits per heavy atom. The van der Waals surface area contributed by atoms with Crippen molar-refractivity contribution in [3.05, 3.63) is 35.9 Å². The normalized spacial score (nSPS) is 6.78. The Balaban J connectivity index is -0.0000000204. The van der Waals surface area contributed by atoms with E-state index in [1.165, 1.54) is 5.56 Å². The molecule has 1 rings (SSSR count). The number of hydrogen-bond donors (Lipinski definition) is 0. The molecule has 9 heavy (non-hydrogen) atoms. The zero-order valence-electron chi connectivity index (χ0n) is 6.39. The first-order chi connectivity index (χ1) is 3.39. The quantitative estimate of drug-likeness (QED) is 0.404. The van der Waals surface area contributed by atoms with Gasteiger partial charge >= 0.3 is 29.6 Å². The van der Waals surface area contributed by atoms with Gasteiger partial charge in [-0.1, -0.05) is 35.9 Å². The van der Waals surface area contributed by atoms with Gasteiger partial charge in [0.25, 0.3) is 0 Å². The monoisotopic (exact) mass is 152 g/mol. The van der Waals surface area contributed by atoms with Gasteiger partial charge in [0.15, 0.2) is 17.4 Å². The maximum atomic E-state index is 2.08. The Hall–Kier alpha value is 0.752. The molecule has 0 saturated heterocycles. The van der Waals surface area contributed by atoms with Crippen LogP contribution in [0.4, 0.5) is 0 Å². The van der Waals surface area contributed by atoms with Crippen molar-refractivity contribution < 1.29 is 35.3 Å². The van der Waals surface area contributed by atoms with Crippen molar-refractivity contribution in [3.63, 3.8) is 0 Å². The third-order valence-electron chi connectivity index (χ3n) is 0.940. The van der Waals surface area contributed by atoms with Crippen LogP contribution in [0.15, 0.2) is 30.3 Å². The van der Waals surface area contributed by atoms with Gasteiger partial charge in [-0.25, -0.2) is 0 Å². The number of rotatable bonds is 0. The van der Waals surface area contributed by atoms with Crippen LogP contribution in [0, 0.1) is 6.92 Å². The van der Waals surface area contributed by atoms with E-state index in [1.54, 1.807) is 0 Å². The Labute approximate surface area is 95.0 Å². The maximum Gasteiger partial charge on any atom is 1.00 e. The molecule has 0 aliphatic carbocycles. The molecule has 1 aromatic rings. The molecule has 1 aromatic carbocycles. The fourth-order valence-corrected chi connectivity index (χ4v) is 0.534. The summed E-state index contributed by atoms with van der Waals surface area (Å²) < 4.78 is 0. The Morgan fingerprint density at radius 1 is 1.22 bits per heavy atom. The van der Waals surface area contributed by atoms with E-state index in [0.717, 1.165) is 0 Å². The molecule has 0 spiro atoms. The topological polar surface area (TPSA) is 0 Å². The van der Waals surface area contributed by atoms with Crippen LogP contribution in [0.25, 0.3) is 0 Å². The fourth-order valence-electron chi connectivity index (χ4n) is 0.534. The van der Waals surface area contributed by atoms with Crippen molar-refractivity contribution >= 4 is 17.4 Å². The van der Waals surface area contributed by atoms with Crippen LogP contribution in [0.1, 0.15) is 11.3 Å². The molecule has 50 valence electrons. The molecule has 2 heteroatoms. The largest absolute Gasteiger partial charge is 1.00 e. The van der Waals surface area contributed by atoms with E-state index >= 15 is 0 Å². The second kappa shape index (κ2) is 6.87. The third-order valence-corrected chi connectivity index (χ3v) is 0.940. The van der Waals surface area contributed by atoms with E-state index in [2.05, 4.69) is 19.1 Å². The Morgan fingerprint density at radius 2 is 1.67 bits per heavy atom. The van der Waals surface area contributed by atoms with Gasteiger partial charge in [-0.05, 0) is 6.92 Å². The molecule has 0 amide bonds. The molecule has 0 aliphatic rings. The molecule has 0 heterocycles. The van der Waals surface area contributed by atoms with Crippen molar-refractivity contribution in [2.45, 2.75) is 6.92 Å².